The zero-order chi connectivity index (χ0) is 19.3. The quantitative estimate of drug-likeness (QED) is 0.646. The van der Waals surface area contributed by atoms with Crippen LogP contribution in [0.5, 0.6) is 0 Å². The average molecular weight is 401 g/mol. The lowest BCUT2D eigenvalue weighted by Gasteiger charge is -2.20. The minimum atomic E-state index is -3.70. The van der Waals surface area contributed by atoms with Crippen molar-refractivity contribution in [3.05, 3.63) is 82.6 Å². The SMILES string of the molecule is CCN(Cc1cccs1)C(=O)c1ccc(S(=O)(=O)Nc2ccccc2)cc1. The molecule has 1 N–H and O–H groups in total. The topological polar surface area (TPSA) is 66.5 Å². The molecule has 3 rings (SSSR count). The first-order chi connectivity index (χ1) is 13.0. The van der Waals surface area contributed by atoms with Crippen molar-refractivity contribution in [1.82, 2.24) is 4.90 Å². The van der Waals surface area contributed by atoms with E-state index >= 15 is 0 Å². The maximum Gasteiger partial charge on any atom is 0.261 e. The standard InChI is InChI=1S/C20H20N2O3S2/c1-2-22(15-18-9-6-14-26-18)20(23)16-10-12-19(13-11-16)27(24,25)21-17-7-4-3-5-8-17/h3-14,21H,2,15H2,1H3. The van der Waals surface area contributed by atoms with Crippen LogP contribution >= 0.6 is 11.3 Å². The molecule has 0 saturated heterocycles. The highest BCUT2D eigenvalue weighted by Gasteiger charge is 2.18. The number of rotatable bonds is 7. The number of thiophene rings is 1. The molecule has 0 aliphatic rings. The summed E-state index contributed by atoms with van der Waals surface area (Å²) in [6, 6.07) is 18.7. The number of benzene rings is 2. The van der Waals surface area contributed by atoms with Gasteiger partial charge in [0.2, 0.25) is 0 Å². The summed E-state index contributed by atoms with van der Waals surface area (Å²) in [4.78, 5) is 15.7. The van der Waals surface area contributed by atoms with Gasteiger partial charge in [-0.25, -0.2) is 8.42 Å². The van der Waals surface area contributed by atoms with Gasteiger partial charge in [0.05, 0.1) is 11.4 Å². The molecule has 0 atom stereocenters. The zero-order valence-corrected chi connectivity index (χ0v) is 16.5. The molecule has 0 bridgehead atoms. The fraction of sp³-hybridized carbons (Fsp3) is 0.150. The van der Waals surface area contributed by atoms with Crippen LogP contribution in [-0.4, -0.2) is 25.8 Å². The normalized spacial score (nSPS) is 11.1. The molecule has 0 spiro atoms. The lowest BCUT2D eigenvalue weighted by Crippen LogP contribution is -2.30. The molecule has 2 aromatic carbocycles. The largest absolute Gasteiger partial charge is 0.334 e. The summed E-state index contributed by atoms with van der Waals surface area (Å²) in [6.45, 7) is 3.04. The van der Waals surface area contributed by atoms with Gasteiger partial charge in [0, 0.05) is 22.7 Å². The van der Waals surface area contributed by atoms with Gasteiger partial charge in [-0.3, -0.25) is 9.52 Å². The molecule has 1 heterocycles. The first-order valence-corrected chi connectivity index (χ1v) is 10.9. The number of carbonyl (C=O) groups is 1. The van der Waals surface area contributed by atoms with Crippen molar-refractivity contribution in [3.8, 4) is 0 Å². The lowest BCUT2D eigenvalue weighted by molar-refractivity contribution is 0.0754. The molecule has 0 aliphatic carbocycles. The average Bonchev–Trinajstić information content (AvgIpc) is 3.19. The van der Waals surface area contributed by atoms with Gasteiger partial charge in [-0.1, -0.05) is 24.3 Å². The van der Waals surface area contributed by atoms with Crippen LogP contribution in [0.15, 0.2) is 77.0 Å². The minimum Gasteiger partial charge on any atom is -0.334 e. The summed E-state index contributed by atoms with van der Waals surface area (Å²) < 4.78 is 27.5. The van der Waals surface area contributed by atoms with Crippen molar-refractivity contribution in [1.29, 1.82) is 0 Å². The Balaban J connectivity index is 1.74. The molecule has 1 aromatic heterocycles. The molecular weight excluding hydrogens is 380 g/mol. The second-order valence-electron chi connectivity index (χ2n) is 5.89. The van der Waals surface area contributed by atoms with Gasteiger partial charge in [-0.2, -0.15) is 0 Å². The van der Waals surface area contributed by atoms with E-state index in [0.29, 0.717) is 24.3 Å². The number of nitrogens with zero attached hydrogens (tertiary/aromatic N) is 1. The Hall–Kier alpha value is -2.64. The Morgan fingerprint density at radius 3 is 2.30 bits per heavy atom. The summed E-state index contributed by atoms with van der Waals surface area (Å²) >= 11 is 1.60. The van der Waals surface area contributed by atoms with Crippen LogP contribution in [0.25, 0.3) is 0 Å². The molecule has 27 heavy (non-hydrogen) atoms. The molecule has 0 fully saturated rings. The van der Waals surface area contributed by atoms with E-state index in [4.69, 9.17) is 0 Å². The number of sulfonamides is 1. The van der Waals surface area contributed by atoms with Crippen LogP contribution in [-0.2, 0) is 16.6 Å². The van der Waals surface area contributed by atoms with Crippen molar-refractivity contribution < 1.29 is 13.2 Å². The summed E-state index contributed by atoms with van der Waals surface area (Å²) in [5.74, 6) is -0.120. The molecule has 0 saturated carbocycles. The highest BCUT2D eigenvalue weighted by Crippen LogP contribution is 2.18. The van der Waals surface area contributed by atoms with E-state index in [2.05, 4.69) is 4.72 Å². The summed E-state index contributed by atoms with van der Waals surface area (Å²) in [5.41, 5.74) is 0.956. The summed E-state index contributed by atoms with van der Waals surface area (Å²) in [6.07, 6.45) is 0. The van der Waals surface area contributed by atoms with E-state index in [1.165, 1.54) is 12.1 Å². The molecule has 140 valence electrons. The van der Waals surface area contributed by atoms with Gasteiger partial charge in [-0.15, -0.1) is 11.3 Å². The van der Waals surface area contributed by atoms with Crippen LogP contribution in [0.1, 0.15) is 22.2 Å². The molecule has 5 nitrogen and oxygen atoms in total. The van der Waals surface area contributed by atoms with Crippen LogP contribution in [0.4, 0.5) is 5.69 Å². The van der Waals surface area contributed by atoms with Crippen molar-refractivity contribution in [2.45, 2.75) is 18.4 Å². The van der Waals surface area contributed by atoms with Crippen molar-refractivity contribution in [3.63, 3.8) is 0 Å². The zero-order valence-electron chi connectivity index (χ0n) is 14.8. The Morgan fingerprint density at radius 1 is 1.00 bits per heavy atom. The summed E-state index contributed by atoms with van der Waals surface area (Å²) in [5, 5.41) is 1.98. The van der Waals surface area contributed by atoms with E-state index < -0.39 is 10.0 Å². The van der Waals surface area contributed by atoms with E-state index in [1.807, 2.05) is 30.5 Å². The number of nitrogens with one attached hydrogen (secondary N) is 1. The maximum atomic E-state index is 12.7. The van der Waals surface area contributed by atoms with Gasteiger partial charge in [-0.05, 0) is 54.8 Å². The third kappa shape index (κ3) is 4.75. The maximum absolute atomic E-state index is 12.7. The molecule has 7 heteroatoms. The van der Waals surface area contributed by atoms with Crippen molar-refractivity contribution in [2.24, 2.45) is 0 Å². The number of hydrogen-bond donors (Lipinski definition) is 1. The van der Waals surface area contributed by atoms with E-state index in [-0.39, 0.29) is 10.8 Å². The third-order valence-corrected chi connectivity index (χ3v) is 6.29. The Morgan fingerprint density at radius 2 is 1.70 bits per heavy atom. The second-order valence-corrected chi connectivity index (χ2v) is 8.61. The van der Waals surface area contributed by atoms with Crippen molar-refractivity contribution in [2.75, 3.05) is 11.3 Å². The first kappa shape index (κ1) is 19.1. The first-order valence-electron chi connectivity index (χ1n) is 8.49. The van der Waals surface area contributed by atoms with E-state index in [9.17, 15) is 13.2 Å². The number of hydrogen-bond acceptors (Lipinski definition) is 4. The van der Waals surface area contributed by atoms with Crippen molar-refractivity contribution >= 4 is 33.0 Å². The highest BCUT2D eigenvalue weighted by molar-refractivity contribution is 7.92. The summed E-state index contributed by atoms with van der Waals surface area (Å²) in [7, 11) is -3.70. The van der Waals surface area contributed by atoms with Crippen LogP contribution in [0, 0.1) is 0 Å². The fourth-order valence-electron chi connectivity index (χ4n) is 2.60. The molecule has 0 radical (unpaired) electrons. The predicted octanol–water partition coefficient (Wildman–Crippen LogP) is 4.21. The van der Waals surface area contributed by atoms with Gasteiger partial charge >= 0.3 is 0 Å². The minimum absolute atomic E-state index is 0.115. The lowest BCUT2D eigenvalue weighted by atomic mass is 10.2. The van der Waals surface area contributed by atoms with E-state index in [0.717, 1.165) is 4.88 Å². The number of para-hydroxylation sites is 1. The fourth-order valence-corrected chi connectivity index (χ4v) is 4.38. The van der Waals surface area contributed by atoms with Gasteiger partial charge in [0.1, 0.15) is 0 Å². The third-order valence-electron chi connectivity index (χ3n) is 4.03. The van der Waals surface area contributed by atoms with Gasteiger partial charge in [0.25, 0.3) is 15.9 Å². The van der Waals surface area contributed by atoms with Crippen LogP contribution < -0.4 is 4.72 Å². The Kier molecular flexibility index (Phi) is 5.93. The second kappa shape index (κ2) is 8.37. The number of anilines is 1. The molecule has 0 unspecified atom stereocenters. The smallest absolute Gasteiger partial charge is 0.261 e. The highest BCUT2D eigenvalue weighted by atomic mass is 32.2. The molecule has 1 amide bonds. The van der Waals surface area contributed by atoms with Crippen LogP contribution in [0.3, 0.4) is 0 Å². The number of amides is 1. The monoisotopic (exact) mass is 400 g/mol. The molecule has 0 aliphatic heterocycles. The van der Waals surface area contributed by atoms with Gasteiger partial charge < -0.3 is 4.90 Å². The van der Waals surface area contributed by atoms with E-state index in [1.54, 1.807) is 52.6 Å². The Bertz CT molecular complexity index is 983. The van der Waals surface area contributed by atoms with Gasteiger partial charge in [0.15, 0.2) is 0 Å². The molecular formula is C20H20N2O3S2. The molecule has 3 aromatic rings. The van der Waals surface area contributed by atoms with Crippen LogP contribution in [0.2, 0.25) is 0 Å². The predicted molar refractivity (Wildman–Crippen MR) is 108 cm³/mol. The number of carbonyl (C=O) groups excluding carboxylic acids is 1. The Labute approximate surface area is 163 Å².